The van der Waals surface area contributed by atoms with Gasteiger partial charge in [0.15, 0.2) is 0 Å². The molecular weight excluding hydrogens is 314 g/mol. The number of carbonyl (C=O) groups is 2. The van der Waals surface area contributed by atoms with Gasteiger partial charge >= 0.3 is 12.1 Å². The summed E-state index contributed by atoms with van der Waals surface area (Å²) in [5, 5.41) is 3.05. The van der Waals surface area contributed by atoms with Crippen LogP contribution >= 0.6 is 15.9 Å². The highest BCUT2D eigenvalue weighted by molar-refractivity contribution is 9.09. The number of halogens is 1. The van der Waals surface area contributed by atoms with E-state index in [9.17, 15) is 9.59 Å². The van der Waals surface area contributed by atoms with Crippen molar-refractivity contribution in [3.63, 3.8) is 0 Å². The van der Waals surface area contributed by atoms with Crippen LogP contribution in [0.5, 0.6) is 0 Å². The smallest absolute Gasteiger partial charge is 0.408 e. The third kappa shape index (κ3) is 5.74. The minimum absolute atomic E-state index is 0.162. The molecule has 0 heterocycles. The van der Waals surface area contributed by atoms with Crippen LogP contribution < -0.4 is 5.32 Å². The minimum Gasteiger partial charge on any atom is -0.467 e. The van der Waals surface area contributed by atoms with Gasteiger partial charge in [0.05, 0.1) is 7.11 Å². The second kappa shape index (κ2) is 8.53. The van der Waals surface area contributed by atoms with E-state index in [1.807, 2.05) is 30.3 Å². The van der Waals surface area contributed by atoms with E-state index < -0.39 is 18.1 Å². The molecule has 1 N–H and O–H groups in total. The Morgan fingerprint density at radius 1 is 1.32 bits per heavy atom. The largest absolute Gasteiger partial charge is 0.467 e. The number of hydrogen-bond acceptors (Lipinski definition) is 4. The van der Waals surface area contributed by atoms with Crippen molar-refractivity contribution in [3.05, 3.63) is 35.9 Å². The highest BCUT2D eigenvalue weighted by atomic mass is 79.9. The topological polar surface area (TPSA) is 64.6 Å². The number of alkyl carbamates (subject to hydrolysis) is 1. The summed E-state index contributed by atoms with van der Waals surface area (Å²) >= 11 is 3.21. The first-order valence-electron chi connectivity index (χ1n) is 5.78. The number of rotatable bonds is 6. The number of methoxy groups -OCH3 is 1. The van der Waals surface area contributed by atoms with Crippen molar-refractivity contribution in [3.8, 4) is 0 Å². The molecule has 1 rings (SSSR count). The Bertz CT molecular complexity index is 410. The predicted molar refractivity (Wildman–Crippen MR) is 74.0 cm³/mol. The molecule has 104 valence electrons. The van der Waals surface area contributed by atoms with Crippen LogP contribution in [0.2, 0.25) is 0 Å². The van der Waals surface area contributed by atoms with E-state index in [1.54, 1.807) is 0 Å². The summed E-state index contributed by atoms with van der Waals surface area (Å²) in [5.41, 5.74) is 0.882. The van der Waals surface area contributed by atoms with Crippen LogP contribution in [-0.4, -0.2) is 30.5 Å². The fourth-order valence-electron chi connectivity index (χ4n) is 1.41. The summed E-state index contributed by atoms with van der Waals surface area (Å²) in [4.78, 5) is 23.0. The van der Waals surface area contributed by atoms with Gasteiger partial charge in [0.1, 0.15) is 12.6 Å². The molecule has 0 aromatic heterocycles. The minimum atomic E-state index is -0.701. The van der Waals surface area contributed by atoms with Gasteiger partial charge in [-0.2, -0.15) is 0 Å². The van der Waals surface area contributed by atoms with Gasteiger partial charge in [-0.25, -0.2) is 9.59 Å². The van der Waals surface area contributed by atoms with Gasteiger partial charge < -0.3 is 14.8 Å². The third-order valence-corrected chi connectivity index (χ3v) is 2.85. The normalized spacial score (nSPS) is 11.5. The van der Waals surface area contributed by atoms with E-state index in [0.717, 1.165) is 5.56 Å². The summed E-state index contributed by atoms with van der Waals surface area (Å²) in [6.07, 6.45) is -0.201. The first kappa shape index (κ1) is 15.5. The van der Waals surface area contributed by atoms with Gasteiger partial charge in [-0.15, -0.1) is 0 Å². The molecule has 1 aromatic carbocycles. The zero-order chi connectivity index (χ0) is 14.1. The van der Waals surface area contributed by atoms with E-state index in [4.69, 9.17) is 4.74 Å². The molecule has 0 fully saturated rings. The molecule has 6 heteroatoms. The lowest BCUT2D eigenvalue weighted by atomic mass is 10.2. The SMILES string of the molecule is COC(=O)[C@@H](CCBr)NC(=O)OCc1ccccc1. The van der Waals surface area contributed by atoms with Gasteiger partial charge in [-0.1, -0.05) is 46.3 Å². The van der Waals surface area contributed by atoms with Crippen molar-refractivity contribution in [1.29, 1.82) is 0 Å². The molecule has 1 aromatic rings. The number of carbonyl (C=O) groups excluding carboxylic acids is 2. The number of nitrogens with one attached hydrogen (secondary N) is 1. The standard InChI is InChI=1S/C13H16BrNO4/c1-18-12(16)11(7-8-14)15-13(17)19-9-10-5-3-2-4-6-10/h2-6,11H,7-9H2,1H3,(H,15,17)/t11-/m1/s1. The summed E-state index contributed by atoms with van der Waals surface area (Å²) < 4.78 is 9.62. The maximum Gasteiger partial charge on any atom is 0.408 e. The molecule has 0 saturated heterocycles. The molecule has 1 amide bonds. The second-order valence-corrected chi connectivity index (χ2v) is 4.55. The second-order valence-electron chi connectivity index (χ2n) is 3.76. The van der Waals surface area contributed by atoms with Crippen LogP contribution in [0.4, 0.5) is 4.79 Å². The number of benzene rings is 1. The molecule has 0 aliphatic carbocycles. The summed E-state index contributed by atoms with van der Waals surface area (Å²) in [6, 6.07) is 8.60. The number of hydrogen-bond donors (Lipinski definition) is 1. The lowest BCUT2D eigenvalue weighted by Crippen LogP contribution is -2.42. The maximum absolute atomic E-state index is 11.6. The lowest BCUT2D eigenvalue weighted by molar-refractivity contribution is -0.143. The van der Waals surface area contributed by atoms with Crippen LogP contribution in [0.15, 0.2) is 30.3 Å². The van der Waals surface area contributed by atoms with Gasteiger partial charge in [0, 0.05) is 5.33 Å². The number of esters is 1. The van der Waals surface area contributed by atoms with Crippen molar-refractivity contribution in [1.82, 2.24) is 5.32 Å². The van der Waals surface area contributed by atoms with Crippen LogP contribution in [0.3, 0.4) is 0 Å². The fraction of sp³-hybridized carbons (Fsp3) is 0.385. The average molecular weight is 330 g/mol. The molecule has 5 nitrogen and oxygen atoms in total. The van der Waals surface area contributed by atoms with Crippen molar-refractivity contribution < 1.29 is 19.1 Å². The van der Waals surface area contributed by atoms with E-state index in [1.165, 1.54) is 7.11 Å². The summed E-state index contributed by atoms with van der Waals surface area (Å²) in [7, 11) is 1.28. The van der Waals surface area contributed by atoms with E-state index in [-0.39, 0.29) is 6.61 Å². The molecular formula is C13H16BrNO4. The highest BCUT2D eigenvalue weighted by Crippen LogP contribution is 2.03. The zero-order valence-corrected chi connectivity index (χ0v) is 12.2. The molecule has 0 aliphatic heterocycles. The molecule has 19 heavy (non-hydrogen) atoms. The lowest BCUT2D eigenvalue weighted by Gasteiger charge is -2.15. The van der Waals surface area contributed by atoms with Gasteiger partial charge in [-0.3, -0.25) is 0 Å². The first-order valence-corrected chi connectivity index (χ1v) is 6.90. The van der Waals surface area contributed by atoms with Gasteiger partial charge in [-0.05, 0) is 12.0 Å². The third-order valence-electron chi connectivity index (χ3n) is 2.39. The maximum atomic E-state index is 11.6. The molecule has 0 bridgehead atoms. The molecule has 0 saturated carbocycles. The molecule has 0 spiro atoms. The predicted octanol–water partition coefficient (Wildman–Crippen LogP) is 2.24. The average Bonchev–Trinajstić information content (AvgIpc) is 2.45. The Morgan fingerprint density at radius 3 is 2.58 bits per heavy atom. The Kier molecular flexibility index (Phi) is 6.95. The van der Waals surface area contributed by atoms with Crippen LogP contribution in [0, 0.1) is 0 Å². The van der Waals surface area contributed by atoms with Gasteiger partial charge in [0.25, 0.3) is 0 Å². The number of ether oxygens (including phenoxy) is 2. The zero-order valence-electron chi connectivity index (χ0n) is 10.6. The quantitative estimate of drug-likeness (QED) is 0.642. The van der Waals surface area contributed by atoms with Gasteiger partial charge in [0.2, 0.25) is 0 Å². The van der Waals surface area contributed by atoms with Crippen molar-refractivity contribution in [2.45, 2.75) is 19.1 Å². The molecule has 1 atom stereocenters. The Balaban J connectivity index is 2.42. The van der Waals surface area contributed by atoms with Crippen LogP contribution in [-0.2, 0) is 20.9 Å². The van der Waals surface area contributed by atoms with E-state index >= 15 is 0 Å². The monoisotopic (exact) mass is 329 g/mol. The van der Waals surface area contributed by atoms with Crippen LogP contribution in [0.25, 0.3) is 0 Å². The van der Waals surface area contributed by atoms with E-state index in [2.05, 4.69) is 26.0 Å². The van der Waals surface area contributed by atoms with Crippen molar-refractivity contribution >= 4 is 28.0 Å². The highest BCUT2D eigenvalue weighted by Gasteiger charge is 2.21. The Labute approximate surface area is 120 Å². The Hall–Kier alpha value is -1.56. The molecule has 0 unspecified atom stereocenters. The Morgan fingerprint density at radius 2 is 2.00 bits per heavy atom. The van der Waals surface area contributed by atoms with Crippen molar-refractivity contribution in [2.24, 2.45) is 0 Å². The summed E-state index contributed by atoms with van der Waals surface area (Å²) in [5.74, 6) is -0.490. The molecule has 0 radical (unpaired) electrons. The number of amides is 1. The number of alkyl halides is 1. The fourth-order valence-corrected chi connectivity index (χ4v) is 1.87. The van der Waals surface area contributed by atoms with Crippen molar-refractivity contribution in [2.75, 3.05) is 12.4 Å². The summed E-state index contributed by atoms with van der Waals surface area (Å²) in [6.45, 7) is 0.162. The van der Waals surface area contributed by atoms with Crippen LogP contribution in [0.1, 0.15) is 12.0 Å². The van der Waals surface area contributed by atoms with E-state index in [0.29, 0.717) is 11.8 Å². The first-order chi connectivity index (χ1) is 9.17. The molecule has 0 aliphatic rings.